The van der Waals surface area contributed by atoms with Crippen LogP contribution in [0.25, 0.3) is 0 Å². The van der Waals surface area contributed by atoms with Crippen LogP contribution in [0.15, 0.2) is 0 Å². The second kappa shape index (κ2) is 3.95. The normalized spacial score (nSPS) is 28.1. The number of aromatic nitrogens is 2. The van der Waals surface area contributed by atoms with E-state index in [1.165, 1.54) is 6.42 Å². The number of nitrogens with zero attached hydrogens (tertiary/aromatic N) is 2. The van der Waals surface area contributed by atoms with Crippen molar-refractivity contribution in [3.63, 3.8) is 0 Å². The largest absolute Gasteiger partial charge is 0.383 e. The SMILES string of the molecule is CC1(c2nc(N)c3c(n2)CCC3)CCCCO1. The molecular weight excluding hydrogens is 214 g/mol. The summed E-state index contributed by atoms with van der Waals surface area (Å²) < 4.78 is 5.89. The smallest absolute Gasteiger partial charge is 0.162 e. The van der Waals surface area contributed by atoms with E-state index in [-0.39, 0.29) is 5.60 Å². The molecule has 1 aromatic heterocycles. The molecule has 17 heavy (non-hydrogen) atoms. The second-order valence-corrected chi connectivity index (χ2v) is 5.25. The molecule has 4 nitrogen and oxygen atoms in total. The fourth-order valence-corrected chi connectivity index (χ4v) is 2.81. The predicted molar refractivity (Wildman–Crippen MR) is 65.6 cm³/mol. The molecule has 2 heterocycles. The summed E-state index contributed by atoms with van der Waals surface area (Å²) in [6.07, 6.45) is 6.51. The van der Waals surface area contributed by atoms with Crippen molar-refractivity contribution in [2.75, 3.05) is 12.3 Å². The van der Waals surface area contributed by atoms with Gasteiger partial charge in [-0.25, -0.2) is 9.97 Å². The van der Waals surface area contributed by atoms with Crippen molar-refractivity contribution in [2.45, 2.75) is 51.0 Å². The summed E-state index contributed by atoms with van der Waals surface area (Å²) in [6.45, 7) is 2.89. The number of nitrogens with two attached hydrogens (primary N) is 1. The second-order valence-electron chi connectivity index (χ2n) is 5.25. The monoisotopic (exact) mass is 233 g/mol. The number of hydrogen-bond donors (Lipinski definition) is 1. The van der Waals surface area contributed by atoms with Crippen LogP contribution in [-0.2, 0) is 23.2 Å². The predicted octanol–water partition coefficient (Wildman–Crippen LogP) is 1.96. The molecule has 1 fully saturated rings. The molecule has 2 aliphatic rings. The van der Waals surface area contributed by atoms with Crippen LogP contribution in [0.2, 0.25) is 0 Å². The molecule has 1 unspecified atom stereocenters. The fourth-order valence-electron chi connectivity index (χ4n) is 2.81. The Morgan fingerprint density at radius 3 is 2.82 bits per heavy atom. The van der Waals surface area contributed by atoms with E-state index < -0.39 is 0 Å². The first-order chi connectivity index (χ1) is 8.19. The molecule has 0 aromatic carbocycles. The van der Waals surface area contributed by atoms with E-state index in [4.69, 9.17) is 15.5 Å². The van der Waals surface area contributed by atoms with Crippen molar-refractivity contribution >= 4 is 5.82 Å². The number of aryl methyl sites for hydroxylation is 1. The van der Waals surface area contributed by atoms with E-state index in [1.54, 1.807) is 0 Å². The zero-order valence-corrected chi connectivity index (χ0v) is 10.3. The molecule has 2 N–H and O–H groups in total. The van der Waals surface area contributed by atoms with Crippen LogP contribution in [0.3, 0.4) is 0 Å². The zero-order chi connectivity index (χ0) is 11.9. The van der Waals surface area contributed by atoms with Crippen molar-refractivity contribution < 1.29 is 4.74 Å². The summed E-state index contributed by atoms with van der Waals surface area (Å²) >= 11 is 0. The lowest BCUT2D eigenvalue weighted by Crippen LogP contribution is -2.33. The summed E-state index contributed by atoms with van der Waals surface area (Å²) in [7, 11) is 0. The van der Waals surface area contributed by atoms with Gasteiger partial charge in [-0.1, -0.05) is 0 Å². The standard InChI is InChI=1S/C13H19N3O/c1-13(7-2-3-8-17-13)12-15-10-6-4-5-9(10)11(14)16-12/h2-8H2,1H3,(H2,14,15,16). The van der Waals surface area contributed by atoms with Gasteiger partial charge in [-0.05, 0) is 45.4 Å². The lowest BCUT2D eigenvalue weighted by molar-refractivity contribution is -0.0760. The molecule has 92 valence electrons. The lowest BCUT2D eigenvalue weighted by atomic mass is 9.95. The van der Waals surface area contributed by atoms with Crippen LogP contribution >= 0.6 is 0 Å². The molecule has 0 radical (unpaired) electrons. The van der Waals surface area contributed by atoms with Gasteiger partial charge in [-0.3, -0.25) is 0 Å². The fraction of sp³-hybridized carbons (Fsp3) is 0.692. The maximum atomic E-state index is 6.03. The van der Waals surface area contributed by atoms with Crippen molar-refractivity contribution in [1.29, 1.82) is 0 Å². The summed E-state index contributed by atoms with van der Waals surface area (Å²) in [6, 6.07) is 0. The van der Waals surface area contributed by atoms with E-state index in [0.29, 0.717) is 5.82 Å². The molecule has 1 saturated heterocycles. The zero-order valence-electron chi connectivity index (χ0n) is 10.3. The molecule has 1 aliphatic carbocycles. The van der Waals surface area contributed by atoms with Gasteiger partial charge in [0.05, 0.1) is 0 Å². The maximum Gasteiger partial charge on any atom is 0.162 e. The van der Waals surface area contributed by atoms with Gasteiger partial charge in [0.1, 0.15) is 11.4 Å². The van der Waals surface area contributed by atoms with Gasteiger partial charge in [0.15, 0.2) is 5.82 Å². The topological polar surface area (TPSA) is 61.0 Å². The quantitative estimate of drug-likeness (QED) is 0.805. The average molecular weight is 233 g/mol. The number of fused-ring (bicyclic) bond motifs is 1. The first kappa shape index (κ1) is 11.0. The van der Waals surface area contributed by atoms with Crippen molar-refractivity contribution in [3.05, 3.63) is 17.1 Å². The molecule has 1 aliphatic heterocycles. The molecule has 1 atom stereocenters. The highest BCUT2D eigenvalue weighted by molar-refractivity contribution is 5.45. The van der Waals surface area contributed by atoms with Crippen LogP contribution in [0, 0.1) is 0 Å². The maximum absolute atomic E-state index is 6.03. The van der Waals surface area contributed by atoms with E-state index in [9.17, 15) is 0 Å². The molecule has 0 spiro atoms. The van der Waals surface area contributed by atoms with Gasteiger partial charge < -0.3 is 10.5 Å². The number of hydrogen-bond acceptors (Lipinski definition) is 4. The van der Waals surface area contributed by atoms with Gasteiger partial charge in [0.2, 0.25) is 0 Å². The van der Waals surface area contributed by atoms with Crippen LogP contribution in [0.1, 0.15) is 49.7 Å². The third-order valence-corrected chi connectivity index (χ3v) is 3.91. The van der Waals surface area contributed by atoms with Gasteiger partial charge in [-0.15, -0.1) is 0 Å². The highest BCUT2D eigenvalue weighted by Gasteiger charge is 2.34. The Hall–Kier alpha value is -1.16. The van der Waals surface area contributed by atoms with E-state index in [2.05, 4.69) is 11.9 Å². The van der Waals surface area contributed by atoms with Crippen LogP contribution in [0.4, 0.5) is 5.82 Å². The highest BCUT2D eigenvalue weighted by atomic mass is 16.5. The number of rotatable bonds is 1. The van der Waals surface area contributed by atoms with Crippen molar-refractivity contribution in [1.82, 2.24) is 9.97 Å². The molecule has 3 rings (SSSR count). The van der Waals surface area contributed by atoms with Crippen molar-refractivity contribution in [2.24, 2.45) is 0 Å². The van der Waals surface area contributed by atoms with Gasteiger partial charge in [0, 0.05) is 17.9 Å². The van der Waals surface area contributed by atoms with E-state index >= 15 is 0 Å². The number of anilines is 1. The summed E-state index contributed by atoms with van der Waals surface area (Å²) in [5.41, 5.74) is 8.00. The Morgan fingerprint density at radius 2 is 2.06 bits per heavy atom. The average Bonchev–Trinajstić information content (AvgIpc) is 2.78. The van der Waals surface area contributed by atoms with Crippen LogP contribution < -0.4 is 5.73 Å². The Balaban J connectivity index is 2.00. The molecular formula is C13H19N3O. The summed E-state index contributed by atoms with van der Waals surface area (Å²) in [5, 5.41) is 0. The third kappa shape index (κ3) is 1.80. The first-order valence-corrected chi connectivity index (χ1v) is 6.49. The third-order valence-electron chi connectivity index (χ3n) is 3.91. The molecule has 0 saturated carbocycles. The number of ether oxygens (including phenoxy) is 1. The molecule has 0 bridgehead atoms. The van der Waals surface area contributed by atoms with Gasteiger partial charge >= 0.3 is 0 Å². The Bertz CT molecular complexity index is 439. The molecule has 4 heteroatoms. The van der Waals surface area contributed by atoms with Gasteiger partial charge in [-0.2, -0.15) is 0 Å². The Morgan fingerprint density at radius 1 is 1.18 bits per heavy atom. The minimum atomic E-state index is -0.329. The highest BCUT2D eigenvalue weighted by Crippen LogP contribution is 2.35. The van der Waals surface area contributed by atoms with Crippen molar-refractivity contribution in [3.8, 4) is 0 Å². The minimum Gasteiger partial charge on any atom is -0.383 e. The van der Waals surface area contributed by atoms with Crippen LogP contribution in [-0.4, -0.2) is 16.6 Å². The summed E-state index contributed by atoms with van der Waals surface area (Å²) in [4.78, 5) is 9.18. The van der Waals surface area contributed by atoms with E-state index in [1.807, 2.05) is 0 Å². The first-order valence-electron chi connectivity index (χ1n) is 6.49. The van der Waals surface area contributed by atoms with Crippen LogP contribution in [0.5, 0.6) is 0 Å². The summed E-state index contributed by atoms with van der Waals surface area (Å²) in [5.74, 6) is 1.45. The van der Waals surface area contributed by atoms with Gasteiger partial charge in [0.25, 0.3) is 0 Å². The molecule has 1 aromatic rings. The Labute approximate surface area is 102 Å². The number of nitrogen functional groups attached to an aromatic ring is 1. The van der Waals surface area contributed by atoms with E-state index in [0.717, 1.165) is 55.8 Å². The Kier molecular flexibility index (Phi) is 2.54. The molecule has 0 amide bonds. The lowest BCUT2D eigenvalue weighted by Gasteiger charge is -2.32. The minimum absolute atomic E-state index is 0.329.